The van der Waals surface area contributed by atoms with Gasteiger partial charge in [-0.25, -0.2) is 4.98 Å². The molecular weight excluding hydrogens is 310 g/mol. The Hall–Kier alpha value is -2.47. The second-order valence-corrected chi connectivity index (χ2v) is 6.11. The third-order valence-electron chi connectivity index (χ3n) is 3.37. The number of rotatable bonds is 7. The Kier molecular flexibility index (Phi) is 5.16. The molecule has 0 spiro atoms. The zero-order valence-corrected chi connectivity index (χ0v) is 13.4. The van der Waals surface area contributed by atoms with E-state index in [0.717, 1.165) is 23.5 Å². The van der Waals surface area contributed by atoms with Crippen molar-refractivity contribution in [2.75, 3.05) is 0 Å². The van der Waals surface area contributed by atoms with Crippen molar-refractivity contribution in [1.82, 2.24) is 15.5 Å². The first-order valence-corrected chi connectivity index (χ1v) is 8.31. The van der Waals surface area contributed by atoms with Crippen molar-refractivity contribution in [2.24, 2.45) is 0 Å². The minimum atomic E-state index is -0.0854. The molecule has 0 fully saturated rings. The van der Waals surface area contributed by atoms with Gasteiger partial charge in [0, 0.05) is 17.9 Å². The second-order valence-electron chi connectivity index (χ2n) is 5.16. The minimum Gasteiger partial charge on any atom is -0.364 e. The van der Waals surface area contributed by atoms with Gasteiger partial charge in [-0.05, 0) is 12.0 Å². The molecule has 0 atom stereocenters. The number of carbonyl (C=O) groups excluding carboxylic acids is 1. The van der Waals surface area contributed by atoms with E-state index < -0.39 is 0 Å². The Morgan fingerprint density at radius 3 is 2.78 bits per heavy atom. The number of aryl methyl sites for hydroxylation is 2. The van der Waals surface area contributed by atoms with Crippen molar-refractivity contribution < 1.29 is 9.32 Å². The van der Waals surface area contributed by atoms with E-state index in [0.29, 0.717) is 12.2 Å². The molecule has 0 aliphatic heterocycles. The quantitative estimate of drug-likeness (QED) is 0.724. The van der Waals surface area contributed by atoms with Gasteiger partial charge in [-0.3, -0.25) is 4.79 Å². The molecule has 2 aromatic heterocycles. The lowest BCUT2D eigenvalue weighted by Crippen LogP contribution is -2.24. The molecule has 0 bridgehead atoms. The molecule has 3 aromatic rings. The fourth-order valence-electron chi connectivity index (χ4n) is 2.19. The summed E-state index contributed by atoms with van der Waals surface area (Å²) in [7, 11) is 0. The monoisotopic (exact) mass is 327 g/mol. The molecule has 23 heavy (non-hydrogen) atoms. The van der Waals surface area contributed by atoms with Gasteiger partial charge in [0.1, 0.15) is 6.26 Å². The number of aromatic nitrogens is 2. The summed E-state index contributed by atoms with van der Waals surface area (Å²) in [4.78, 5) is 16.3. The number of hydrogen-bond donors (Lipinski definition) is 1. The predicted molar refractivity (Wildman–Crippen MR) is 88.0 cm³/mol. The van der Waals surface area contributed by atoms with Gasteiger partial charge < -0.3 is 9.84 Å². The van der Waals surface area contributed by atoms with Crippen LogP contribution in [-0.4, -0.2) is 16.0 Å². The molecule has 0 aliphatic carbocycles. The van der Waals surface area contributed by atoms with Crippen molar-refractivity contribution >= 4 is 17.2 Å². The maximum absolute atomic E-state index is 11.8. The SMILES string of the molecule is O=C(Cc1ccon1)NCc1csc(CCc2ccccc2)n1. The molecule has 0 unspecified atom stereocenters. The van der Waals surface area contributed by atoms with Crippen LogP contribution in [0.1, 0.15) is 22.0 Å². The molecule has 1 aromatic carbocycles. The maximum Gasteiger partial charge on any atom is 0.226 e. The van der Waals surface area contributed by atoms with E-state index >= 15 is 0 Å². The van der Waals surface area contributed by atoms with Crippen LogP contribution in [0.2, 0.25) is 0 Å². The second kappa shape index (κ2) is 7.69. The Balaban J connectivity index is 1.44. The Morgan fingerprint density at radius 1 is 1.13 bits per heavy atom. The van der Waals surface area contributed by atoms with Crippen LogP contribution in [0.5, 0.6) is 0 Å². The highest BCUT2D eigenvalue weighted by atomic mass is 32.1. The molecule has 0 saturated carbocycles. The zero-order valence-electron chi connectivity index (χ0n) is 12.6. The van der Waals surface area contributed by atoms with Crippen LogP contribution in [-0.2, 0) is 30.6 Å². The third kappa shape index (κ3) is 4.75. The van der Waals surface area contributed by atoms with Crippen LogP contribution in [0.25, 0.3) is 0 Å². The Labute approximate surface area is 138 Å². The van der Waals surface area contributed by atoms with Gasteiger partial charge in [-0.2, -0.15) is 0 Å². The lowest BCUT2D eigenvalue weighted by Gasteiger charge is -2.01. The number of nitrogens with zero attached hydrogens (tertiary/aromatic N) is 2. The highest BCUT2D eigenvalue weighted by Gasteiger charge is 2.07. The summed E-state index contributed by atoms with van der Waals surface area (Å²) in [6.07, 6.45) is 3.58. The molecular formula is C17H17N3O2S. The third-order valence-corrected chi connectivity index (χ3v) is 4.33. The van der Waals surface area contributed by atoms with E-state index in [1.165, 1.54) is 11.8 Å². The molecule has 1 amide bonds. The lowest BCUT2D eigenvalue weighted by atomic mass is 10.1. The summed E-state index contributed by atoms with van der Waals surface area (Å²) in [6.45, 7) is 0.443. The van der Waals surface area contributed by atoms with E-state index in [1.54, 1.807) is 17.4 Å². The van der Waals surface area contributed by atoms with Gasteiger partial charge >= 0.3 is 0 Å². The smallest absolute Gasteiger partial charge is 0.226 e. The van der Waals surface area contributed by atoms with Crippen LogP contribution >= 0.6 is 11.3 Å². The summed E-state index contributed by atoms with van der Waals surface area (Å²) in [6, 6.07) is 12.0. The van der Waals surface area contributed by atoms with Gasteiger partial charge in [0.05, 0.1) is 29.4 Å². The van der Waals surface area contributed by atoms with Crippen LogP contribution in [0.4, 0.5) is 0 Å². The molecule has 3 rings (SSSR count). The summed E-state index contributed by atoms with van der Waals surface area (Å²) in [5.74, 6) is -0.0854. The van der Waals surface area contributed by atoms with Gasteiger partial charge in [0.25, 0.3) is 0 Å². The minimum absolute atomic E-state index is 0.0854. The normalized spacial score (nSPS) is 10.6. The molecule has 5 nitrogen and oxygen atoms in total. The largest absolute Gasteiger partial charge is 0.364 e. The molecule has 1 N–H and O–H groups in total. The highest BCUT2D eigenvalue weighted by Crippen LogP contribution is 2.13. The molecule has 0 saturated heterocycles. The fourth-order valence-corrected chi connectivity index (χ4v) is 2.98. The average Bonchev–Trinajstić information content (AvgIpc) is 3.24. The number of benzene rings is 1. The molecule has 118 valence electrons. The van der Waals surface area contributed by atoms with E-state index in [-0.39, 0.29) is 12.3 Å². The van der Waals surface area contributed by atoms with Gasteiger partial charge in [0.15, 0.2) is 0 Å². The average molecular weight is 327 g/mol. The Bertz CT molecular complexity index is 738. The molecule has 6 heteroatoms. The summed E-state index contributed by atoms with van der Waals surface area (Å²) in [5, 5.41) is 9.66. The van der Waals surface area contributed by atoms with Gasteiger partial charge in [0.2, 0.25) is 5.91 Å². The van der Waals surface area contributed by atoms with Gasteiger partial charge in [-0.15, -0.1) is 11.3 Å². The zero-order chi connectivity index (χ0) is 15.9. The Morgan fingerprint density at radius 2 is 2.00 bits per heavy atom. The number of carbonyl (C=O) groups is 1. The first-order valence-electron chi connectivity index (χ1n) is 7.43. The topological polar surface area (TPSA) is 68.0 Å². The van der Waals surface area contributed by atoms with Crippen LogP contribution in [0.15, 0.2) is 52.6 Å². The number of amides is 1. The summed E-state index contributed by atoms with van der Waals surface area (Å²) >= 11 is 1.64. The van der Waals surface area contributed by atoms with Crippen molar-refractivity contribution in [3.8, 4) is 0 Å². The summed E-state index contributed by atoms with van der Waals surface area (Å²) in [5.41, 5.74) is 2.83. The van der Waals surface area contributed by atoms with E-state index in [9.17, 15) is 4.79 Å². The van der Waals surface area contributed by atoms with Crippen molar-refractivity contribution in [3.63, 3.8) is 0 Å². The molecule has 2 heterocycles. The van der Waals surface area contributed by atoms with Crippen LogP contribution in [0.3, 0.4) is 0 Å². The van der Waals surface area contributed by atoms with Gasteiger partial charge in [-0.1, -0.05) is 35.5 Å². The van der Waals surface area contributed by atoms with Crippen LogP contribution < -0.4 is 5.32 Å². The number of nitrogens with one attached hydrogen (secondary N) is 1. The standard InChI is InChI=1S/C17H17N3O2S/c21-16(10-14-8-9-22-20-14)18-11-15-12-23-17(19-15)7-6-13-4-2-1-3-5-13/h1-5,8-9,12H,6-7,10-11H2,(H,18,21). The predicted octanol–water partition coefficient (Wildman–Crippen LogP) is 2.78. The first-order chi connectivity index (χ1) is 11.3. The van der Waals surface area contributed by atoms with E-state index in [2.05, 4.69) is 27.6 Å². The van der Waals surface area contributed by atoms with E-state index in [4.69, 9.17) is 4.52 Å². The van der Waals surface area contributed by atoms with Crippen molar-refractivity contribution in [2.45, 2.75) is 25.8 Å². The van der Waals surface area contributed by atoms with E-state index in [1.807, 2.05) is 23.6 Å². The fraction of sp³-hybridized carbons (Fsp3) is 0.235. The van der Waals surface area contributed by atoms with Crippen molar-refractivity contribution in [1.29, 1.82) is 0 Å². The number of thiazole rings is 1. The molecule has 0 aliphatic rings. The van der Waals surface area contributed by atoms with Crippen LogP contribution in [0, 0.1) is 0 Å². The number of hydrogen-bond acceptors (Lipinski definition) is 5. The first kappa shape index (κ1) is 15.4. The molecule has 0 radical (unpaired) electrons. The maximum atomic E-state index is 11.8. The highest BCUT2D eigenvalue weighted by molar-refractivity contribution is 7.09. The summed E-state index contributed by atoms with van der Waals surface area (Å²) < 4.78 is 4.70. The van der Waals surface area contributed by atoms with Crippen molar-refractivity contribution in [3.05, 3.63) is 70.0 Å². The lowest BCUT2D eigenvalue weighted by molar-refractivity contribution is -0.120.